The molecule has 0 atom stereocenters. The lowest BCUT2D eigenvalue weighted by Gasteiger charge is -2.25. The lowest BCUT2D eigenvalue weighted by Crippen LogP contribution is -2.37. The van der Waals surface area contributed by atoms with Crippen LogP contribution in [-0.4, -0.2) is 50.6 Å². The number of aliphatic hydroxyl groups is 1. The van der Waals surface area contributed by atoms with Crippen LogP contribution in [0.2, 0.25) is 0 Å². The number of hydrogen-bond donors (Lipinski definition) is 5. The van der Waals surface area contributed by atoms with Crippen LogP contribution < -0.4 is 15.6 Å². The number of nitrogens with zero attached hydrogens (tertiary/aromatic N) is 1. The van der Waals surface area contributed by atoms with E-state index >= 15 is 0 Å². The van der Waals surface area contributed by atoms with Crippen molar-refractivity contribution in [2.24, 2.45) is 0 Å². The third-order valence-corrected chi connectivity index (χ3v) is 4.55. The van der Waals surface area contributed by atoms with Gasteiger partial charge in [0.15, 0.2) is 5.75 Å². The molecule has 1 aromatic heterocycles. The molecule has 2 aromatic rings. The fraction of sp³-hybridized carbons (Fsp3) is 0.263. The number of pyridine rings is 1. The molecule has 1 aliphatic heterocycles. The summed E-state index contributed by atoms with van der Waals surface area (Å²) in [4.78, 5) is 35.9. The quantitative estimate of drug-likeness (QED) is 0.372. The molecular weight excluding hydrogens is 382 g/mol. The van der Waals surface area contributed by atoms with Gasteiger partial charge in [-0.05, 0) is 26.0 Å². The van der Waals surface area contributed by atoms with Crippen molar-refractivity contribution >= 4 is 34.1 Å². The summed E-state index contributed by atoms with van der Waals surface area (Å²) in [5.41, 5.74) is -0.441. The summed E-state index contributed by atoms with van der Waals surface area (Å²) in [5, 5.41) is 39.5. The molecule has 0 aliphatic carbocycles. The fourth-order valence-electron chi connectivity index (χ4n) is 3.42. The van der Waals surface area contributed by atoms with Gasteiger partial charge in [0, 0.05) is 22.2 Å². The highest BCUT2D eigenvalue weighted by atomic mass is 16.5. The average Bonchev–Trinajstić information content (AvgIpc) is 2.64. The van der Waals surface area contributed by atoms with Gasteiger partial charge in [0.25, 0.3) is 11.5 Å². The topological polar surface area (TPSA) is 162 Å². The predicted octanol–water partition coefficient (Wildman–Crippen LogP) is 1.24. The number of aromatic hydroxyl groups is 1. The zero-order valence-corrected chi connectivity index (χ0v) is 15.7. The monoisotopic (exact) mass is 401 g/mol. The van der Waals surface area contributed by atoms with Crippen LogP contribution >= 0.6 is 0 Å². The first kappa shape index (κ1) is 19.9. The minimum Gasteiger partial charge on any atom is -0.512 e. The Hall–Kier alpha value is -3.82. The molecular formula is C19H19N3O7. The Morgan fingerprint density at radius 2 is 1.97 bits per heavy atom. The highest BCUT2D eigenvalue weighted by molar-refractivity contribution is 6.23. The van der Waals surface area contributed by atoms with Gasteiger partial charge in [-0.25, -0.2) is 0 Å². The van der Waals surface area contributed by atoms with Gasteiger partial charge in [-0.3, -0.25) is 14.4 Å². The standard InChI is InChI=1S/C19H19N3O7/c1-8(20)13(9(2)23)10-3-4-11-15-17(10)29-6-5-22(15)19(28)14(16(11)26)18(27)21-7-12(24)25/h3-4,20,23,26H,5-7H2,1-2H3,(H,21,27)(H,24,25)/b13-9+,20-8?. The molecule has 1 aliphatic rings. The second-order valence-electron chi connectivity index (χ2n) is 6.53. The summed E-state index contributed by atoms with van der Waals surface area (Å²) in [6.45, 7) is 2.41. The largest absolute Gasteiger partial charge is 0.512 e. The molecule has 0 bridgehead atoms. The number of carboxylic acids is 1. The van der Waals surface area contributed by atoms with Gasteiger partial charge in [-0.1, -0.05) is 0 Å². The molecule has 0 spiro atoms. The molecule has 152 valence electrons. The van der Waals surface area contributed by atoms with Crippen molar-refractivity contribution in [3.8, 4) is 11.5 Å². The van der Waals surface area contributed by atoms with Crippen molar-refractivity contribution < 1.29 is 29.6 Å². The summed E-state index contributed by atoms with van der Waals surface area (Å²) in [6, 6.07) is 2.97. The number of amides is 1. The first-order chi connectivity index (χ1) is 13.6. The first-order valence-electron chi connectivity index (χ1n) is 8.66. The third kappa shape index (κ3) is 3.28. The lowest BCUT2D eigenvalue weighted by molar-refractivity contribution is -0.135. The number of aliphatic hydroxyl groups excluding tert-OH is 1. The molecule has 0 saturated carbocycles. The second kappa shape index (κ2) is 7.30. The van der Waals surface area contributed by atoms with Gasteiger partial charge >= 0.3 is 5.97 Å². The molecule has 1 amide bonds. The zero-order chi connectivity index (χ0) is 21.5. The smallest absolute Gasteiger partial charge is 0.322 e. The fourth-order valence-corrected chi connectivity index (χ4v) is 3.42. The van der Waals surface area contributed by atoms with Gasteiger partial charge in [0.05, 0.1) is 17.8 Å². The zero-order valence-electron chi connectivity index (χ0n) is 15.7. The van der Waals surface area contributed by atoms with Crippen LogP contribution in [0.25, 0.3) is 16.5 Å². The van der Waals surface area contributed by atoms with E-state index in [9.17, 15) is 24.6 Å². The number of aliphatic carboxylic acids is 1. The SMILES string of the molecule is CC(=N)/C(=C(/C)O)c1ccc2c(O)c(C(=O)NCC(=O)O)c(=O)n3c2c1OCC3. The summed E-state index contributed by atoms with van der Waals surface area (Å²) in [5.74, 6) is -2.79. The Morgan fingerprint density at radius 3 is 2.55 bits per heavy atom. The number of carboxylic acid groups (broad SMARTS) is 1. The minimum atomic E-state index is -1.29. The van der Waals surface area contributed by atoms with Gasteiger partial charge in [-0.2, -0.15) is 0 Å². The first-order valence-corrected chi connectivity index (χ1v) is 8.66. The second-order valence-corrected chi connectivity index (χ2v) is 6.53. The van der Waals surface area contributed by atoms with E-state index in [0.717, 1.165) is 0 Å². The molecule has 5 N–H and O–H groups in total. The molecule has 0 unspecified atom stereocenters. The molecule has 10 nitrogen and oxygen atoms in total. The van der Waals surface area contributed by atoms with Gasteiger partial charge < -0.3 is 35.3 Å². The molecule has 1 aromatic carbocycles. The third-order valence-electron chi connectivity index (χ3n) is 4.55. The number of rotatable bonds is 5. The Kier molecular flexibility index (Phi) is 5.02. The van der Waals surface area contributed by atoms with E-state index in [4.69, 9.17) is 15.3 Å². The van der Waals surface area contributed by atoms with Crippen LogP contribution in [-0.2, 0) is 11.3 Å². The molecule has 3 rings (SSSR count). The van der Waals surface area contributed by atoms with Crippen LogP contribution in [0.4, 0.5) is 0 Å². The van der Waals surface area contributed by atoms with Gasteiger partial charge in [0.2, 0.25) is 0 Å². The number of carbonyl (C=O) groups excluding carboxylic acids is 1. The Morgan fingerprint density at radius 1 is 1.28 bits per heavy atom. The van der Waals surface area contributed by atoms with Crippen molar-refractivity contribution in [3.05, 3.63) is 39.4 Å². The average molecular weight is 401 g/mol. The maximum Gasteiger partial charge on any atom is 0.322 e. The number of ether oxygens (including phenoxy) is 1. The summed E-state index contributed by atoms with van der Waals surface area (Å²) in [7, 11) is 0. The number of nitrogens with one attached hydrogen (secondary N) is 2. The van der Waals surface area contributed by atoms with Gasteiger partial charge in [0.1, 0.15) is 24.5 Å². The number of aromatic nitrogens is 1. The Balaban J connectivity index is 2.32. The van der Waals surface area contributed by atoms with E-state index in [-0.39, 0.29) is 46.8 Å². The summed E-state index contributed by atoms with van der Waals surface area (Å²) >= 11 is 0. The lowest BCUT2D eigenvalue weighted by atomic mass is 9.96. The van der Waals surface area contributed by atoms with Crippen LogP contribution in [0.5, 0.6) is 11.5 Å². The number of carbonyl (C=O) groups is 2. The minimum absolute atomic E-state index is 0.0811. The predicted molar refractivity (Wildman–Crippen MR) is 104 cm³/mol. The molecule has 0 radical (unpaired) electrons. The van der Waals surface area contributed by atoms with Crippen LogP contribution in [0.15, 0.2) is 22.7 Å². The van der Waals surface area contributed by atoms with Crippen molar-refractivity contribution in [2.75, 3.05) is 13.2 Å². The maximum absolute atomic E-state index is 12.9. The van der Waals surface area contributed by atoms with E-state index in [2.05, 4.69) is 5.32 Å². The normalized spacial score (nSPS) is 13.4. The van der Waals surface area contributed by atoms with E-state index in [1.807, 2.05) is 0 Å². The van der Waals surface area contributed by atoms with E-state index in [0.29, 0.717) is 5.56 Å². The number of benzene rings is 1. The number of allylic oxidation sites excluding steroid dienone is 2. The van der Waals surface area contributed by atoms with Crippen molar-refractivity contribution in [1.29, 1.82) is 5.41 Å². The summed E-state index contributed by atoms with van der Waals surface area (Å²) in [6.07, 6.45) is 0. The van der Waals surface area contributed by atoms with Crippen molar-refractivity contribution in [2.45, 2.75) is 20.4 Å². The van der Waals surface area contributed by atoms with Gasteiger partial charge in [-0.15, -0.1) is 0 Å². The van der Waals surface area contributed by atoms with Crippen molar-refractivity contribution in [1.82, 2.24) is 9.88 Å². The van der Waals surface area contributed by atoms with Crippen LogP contribution in [0.3, 0.4) is 0 Å². The van der Waals surface area contributed by atoms with E-state index < -0.39 is 35.3 Å². The molecule has 29 heavy (non-hydrogen) atoms. The van der Waals surface area contributed by atoms with Crippen LogP contribution in [0, 0.1) is 5.41 Å². The number of hydrogen-bond acceptors (Lipinski definition) is 7. The Labute approximate surface area is 164 Å². The van der Waals surface area contributed by atoms with Crippen LogP contribution in [0.1, 0.15) is 29.8 Å². The molecule has 2 heterocycles. The molecule has 0 saturated heterocycles. The van der Waals surface area contributed by atoms with E-state index in [1.165, 1.54) is 30.5 Å². The highest BCUT2D eigenvalue weighted by Crippen LogP contribution is 2.40. The van der Waals surface area contributed by atoms with E-state index in [1.54, 1.807) is 0 Å². The Bertz CT molecular complexity index is 1160. The molecule has 10 heteroatoms. The van der Waals surface area contributed by atoms with Crippen molar-refractivity contribution in [3.63, 3.8) is 0 Å². The highest BCUT2D eigenvalue weighted by Gasteiger charge is 2.28. The molecule has 0 fully saturated rings. The maximum atomic E-state index is 12.9. The summed E-state index contributed by atoms with van der Waals surface area (Å²) < 4.78 is 6.97.